The van der Waals surface area contributed by atoms with Crippen LogP contribution in [0.5, 0.6) is 0 Å². The van der Waals surface area contributed by atoms with Crippen molar-refractivity contribution >= 4 is 17.8 Å². The van der Waals surface area contributed by atoms with Crippen LogP contribution in [0.25, 0.3) is 0 Å². The van der Waals surface area contributed by atoms with Gasteiger partial charge < -0.3 is 15.4 Å². The van der Waals surface area contributed by atoms with Gasteiger partial charge in [-0.25, -0.2) is 4.79 Å². The number of esters is 1. The molecule has 0 unspecified atom stereocenters. The summed E-state index contributed by atoms with van der Waals surface area (Å²) in [7, 11) is 1.30. The second-order valence-corrected chi connectivity index (χ2v) is 5.79. The lowest BCUT2D eigenvalue weighted by Gasteiger charge is -2.18. The van der Waals surface area contributed by atoms with Gasteiger partial charge in [0, 0.05) is 19.0 Å². The van der Waals surface area contributed by atoms with Crippen LogP contribution in [0.2, 0.25) is 0 Å². The molecule has 23 heavy (non-hydrogen) atoms. The Bertz CT molecular complexity index is 552. The van der Waals surface area contributed by atoms with Crippen LogP contribution in [0, 0.1) is 5.92 Å². The predicted octanol–water partition coefficient (Wildman–Crippen LogP) is 1.64. The first kappa shape index (κ1) is 18.7. The normalized spacial score (nSPS) is 11.7. The van der Waals surface area contributed by atoms with Crippen LogP contribution in [0.1, 0.15) is 43.1 Å². The summed E-state index contributed by atoms with van der Waals surface area (Å²) in [6, 6.07) is 6.19. The molecule has 0 aromatic heterocycles. The van der Waals surface area contributed by atoms with Crippen LogP contribution in [0.3, 0.4) is 0 Å². The highest BCUT2D eigenvalue weighted by atomic mass is 16.5. The minimum Gasteiger partial charge on any atom is -0.467 e. The van der Waals surface area contributed by atoms with E-state index in [9.17, 15) is 14.4 Å². The van der Waals surface area contributed by atoms with Crippen molar-refractivity contribution in [3.8, 4) is 0 Å². The summed E-state index contributed by atoms with van der Waals surface area (Å²) in [6.45, 7) is 5.80. The maximum atomic E-state index is 12.2. The molecule has 0 saturated carbocycles. The van der Waals surface area contributed by atoms with Gasteiger partial charge in [0.25, 0.3) is 5.91 Å². The summed E-state index contributed by atoms with van der Waals surface area (Å²) in [4.78, 5) is 34.9. The molecule has 1 aromatic carbocycles. The Morgan fingerprint density at radius 3 is 2.22 bits per heavy atom. The number of nitrogens with one attached hydrogen (secondary N) is 2. The Hall–Kier alpha value is -2.37. The van der Waals surface area contributed by atoms with Crippen LogP contribution in [-0.4, -0.2) is 30.9 Å². The van der Waals surface area contributed by atoms with Crippen molar-refractivity contribution in [2.45, 2.75) is 39.8 Å². The van der Waals surface area contributed by atoms with Crippen LogP contribution in [0.4, 0.5) is 0 Å². The maximum Gasteiger partial charge on any atom is 0.328 e. The SMILES string of the molecule is COC(=O)[C@@H](CC(C)C)NC(=O)c1ccc(CNC(C)=O)cc1. The number of carbonyl (C=O) groups excluding carboxylic acids is 3. The van der Waals surface area contributed by atoms with Crippen molar-refractivity contribution in [2.24, 2.45) is 5.92 Å². The summed E-state index contributed by atoms with van der Waals surface area (Å²) < 4.78 is 4.73. The van der Waals surface area contributed by atoms with E-state index >= 15 is 0 Å². The minimum atomic E-state index is -0.661. The molecule has 126 valence electrons. The number of hydrogen-bond donors (Lipinski definition) is 2. The number of rotatable bonds is 7. The number of hydrogen-bond acceptors (Lipinski definition) is 4. The highest BCUT2D eigenvalue weighted by Gasteiger charge is 2.23. The van der Waals surface area contributed by atoms with Crippen LogP contribution >= 0.6 is 0 Å². The molecular weight excluding hydrogens is 296 g/mol. The van der Waals surface area contributed by atoms with E-state index in [1.54, 1.807) is 24.3 Å². The zero-order chi connectivity index (χ0) is 17.4. The van der Waals surface area contributed by atoms with Crippen LogP contribution in [-0.2, 0) is 20.9 Å². The Morgan fingerprint density at radius 1 is 1.13 bits per heavy atom. The van der Waals surface area contributed by atoms with E-state index in [0.29, 0.717) is 18.5 Å². The van der Waals surface area contributed by atoms with Gasteiger partial charge in [0.1, 0.15) is 6.04 Å². The van der Waals surface area contributed by atoms with E-state index in [1.807, 2.05) is 13.8 Å². The first-order chi connectivity index (χ1) is 10.8. The lowest BCUT2D eigenvalue weighted by molar-refractivity contribution is -0.143. The molecule has 0 spiro atoms. The van der Waals surface area contributed by atoms with E-state index in [-0.39, 0.29) is 17.7 Å². The number of amides is 2. The minimum absolute atomic E-state index is 0.110. The molecule has 0 saturated heterocycles. The fraction of sp³-hybridized carbons (Fsp3) is 0.471. The van der Waals surface area contributed by atoms with Crippen LogP contribution in [0.15, 0.2) is 24.3 Å². The van der Waals surface area contributed by atoms with Crippen molar-refractivity contribution in [1.82, 2.24) is 10.6 Å². The predicted molar refractivity (Wildman–Crippen MR) is 86.7 cm³/mol. The third-order valence-electron chi connectivity index (χ3n) is 3.26. The highest BCUT2D eigenvalue weighted by Crippen LogP contribution is 2.09. The zero-order valence-electron chi connectivity index (χ0n) is 14.0. The van der Waals surface area contributed by atoms with Gasteiger partial charge in [-0.2, -0.15) is 0 Å². The summed E-state index contributed by atoms with van der Waals surface area (Å²) in [5.41, 5.74) is 1.35. The van der Waals surface area contributed by atoms with E-state index in [0.717, 1.165) is 5.56 Å². The first-order valence-electron chi connectivity index (χ1n) is 7.55. The smallest absolute Gasteiger partial charge is 0.328 e. The average Bonchev–Trinajstić information content (AvgIpc) is 2.51. The van der Waals surface area contributed by atoms with E-state index in [4.69, 9.17) is 4.74 Å². The number of ether oxygens (including phenoxy) is 1. The Balaban J connectivity index is 2.71. The summed E-state index contributed by atoms with van der Waals surface area (Å²) in [5, 5.41) is 5.39. The number of carbonyl (C=O) groups is 3. The molecule has 2 N–H and O–H groups in total. The van der Waals surface area contributed by atoms with E-state index < -0.39 is 12.0 Å². The Morgan fingerprint density at radius 2 is 1.74 bits per heavy atom. The first-order valence-corrected chi connectivity index (χ1v) is 7.55. The summed E-state index contributed by atoms with van der Waals surface area (Å²) in [6.07, 6.45) is 0.513. The molecule has 1 atom stereocenters. The fourth-order valence-electron chi connectivity index (χ4n) is 2.07. The number of benzene rings is 1. The second kappa shape index (κ2) is 8.92. The van der Waals surface area contributed by atoms with Gasteiger partial charge in [0.15, 0.2) is 0 Å². The third kappa shape index (κ3) is 6.50. The van der Waals surface area contributed by atoms with Gasteiger partial charge in [-0.3, -0.25) is 9.59 Å². The van der Waals surface area contributed by atoms with E-state index in [1.165, 1.54) is 14.0 Å². The molecule has 0 heterocycles. The van der Waals surface area contributed by atoms with Gasteiger partial charge in [-0.1, -0.05) is 26.0 Å². The highest BCUT2D eigenvalue weighted by molar-refractivity contribution is 5.96. The average molecular weight is 320 g/mol. The van der Waals surface area contributed by atoms with Crippen molar-refractivity contribution in [3.05, 3.63) is 35.4 Å². The summed E-state index contributed by atoms with van der Waals surface area (Å²) in [5.74, 6) is -0.637. The van der Waals surface area contributed by atoms with Gasteiger partial charge >= 0.3 is 5.97 Å². The monoisotopic (exact) mass is 320 g/mol. The van der Waals surface area contributed by atoms with Crippen molar-refractivity contribution < 1.29 is 19.1 Å². The molecule has 0 bridgehead atoms. The van der Waals surface area contributed by atoms with E-state index in [2.05, 4.69) is 10.6 Å². The second-order valence-electron chi connectivity index (χ2n) is 5.79. The molecule has 1 rings (SSSR count). The van der Waals surface area contributed by atoms with Gasteiger partial charge in [0.2, 0.25) is 5.91 Å². The van der Waals surface area contributed by atoms with Gasteiger partial charge in [0.05, 0.1) is 7.11 Å². The molecule has 2 amide bonds. The molecule has 0 aliphatic rings. The molecule has 6 heteroatoms. The summed E-state index contributed by atoms with van der Waals surface area (Å²) >= 11 is 0. The van der Waals surface area contributed by atoms with Crippen molar-refractivity contribution in [1.29, 1.82) is 0 Å². The maximum absolute atomic E-state index is 12.2. The molecule has 0 aliphatic heterocycles. The standard InChI is InChI=1S/C17H24N2O4/c1-11(2)9-15(17(22)23-4)19-16(21)14-7-5-13(6-8-14)10-18-12(3)20/h5-8,11,15H,9-10H2,1-4H3,(H,18,20)(H,19,21)/t15-/m1/s1. The lowest BCUT2D eigenvalue weighted by atomic mass is 10.0. The van der Waals surface area contributed by atoms with Crippen LogP contribution < -0.4 is 10.6 Å². The Kier molecular flexibility index (Phi) is 7.25. The van der Waals surface area contributed by atoms with Crippen molar-refractivity contribution in [3.63, 3.8) is 0 Å². The number of methoxy groups -OCH3 is 1. The molecule has 6 nitrogen and oxygen atoms in total. The van der Waals surface area contributed by atoms with Crippen molar-refractivity contribution in [2.75, 3.05) is 7.11 Å². The van der Waals surface area contributed by atoms with Gasteiger partial charge in [-0.05, 0) is 30.0 Å². The third-order valence-corrected chi connectivity index (χ3v) is 3.26. The molecule has 1 aromatic rings. The topological polar surface area (TPSA) is 84.5 Å². The molecule has 0 fully saturated rings. The molecule has 0 aliphatic carbocycles. The lowest BCUT2D eigenvalue weighted by Crippen LogP contribution is -2.42. The quantitative estimate of drug-likeness (QED) is 0.748. The zero-order valence-corrected chi connectivity index (χ0v) is 14.0. The Labute approximate surface area is 136 Å². The largest absolute Gasteiger partial charge is 0.467 e. The molecule has 0 radical (unpaired) electrons. The van der Waals surface area contributed by atoms with Gasteiger partial charge in [-0.15, -0.1) is 0 Å². The molecular formula is C17H24N2O4. The fourth-order valence-corrected chi connectivity index (χ4v) is 2.07.